The molecule has 5 heteroatoms. The lowest BCUT2D eigenvalue weighted by molar-refractivity contribution is -0.166. The maximum absolute atomic E-state index is 12.6. The topological polar surface area (TPSA) is 64.3 Å². The van der Waals surface area contributed by atoms with Gasteiger partial charge in [-0.2, -0.15) is 0 Å². The Balaban J connectivity index is 2.16. The van der Waals surface area contributed by atoms with Crippen molar-refractivity contribution in [2.75, 3.05) is 11.9 Å². The molecule has 0 saturated heterocycles. The van der Waals surface area contributed by atoms with E-state index in [1.54, 1.807) is 12.1 Å². The summed E-state index contributed by atoms with van der Waals surface area (Å²) in [6.45, 7) is 8.44. The molecule has 3 N–H and O–H groups in total. The number of carbonyl (C=O) groups is 1. The van der Waals surface area contributed by atoms with Crippen LogP contribution in [-0.4, -0.2) is 24.2 Å². The van der Waals surface area contributed by atoms with Gasteiger partial charge in [-0.1, -0.05) is 31.5 Å². The zero-order chi connectivity index (χ0) is 15.8. The summed E-state index contributed by atoms with van der Waals surface area (Å²) in [6.07, 6.45) is 0.540. The van der Waals surface area contributed by atoms with E-state index in [2.05, 4.69) is 5.32 Å². The van der Waals surface area contributed by atoms with Gasteiger partial charge in [-0.05, 0) is 31.5 Å². The fraction of sp³-hybridized carbons (Fsp3) is 0.562. The van der Waals surface area contributed by atoms with Crippen LogP contribution in [0, 0.1) is 12.3 Å². The first-order valence-electron chi connectivity index (χ1n) is 7.20. The van der Waals surface area contributed by atoms with Gasteiger partial charge in [0, 0.05) is 29.2 Å². The van der Waals surface area contributed by atoms with E-state index in [1.165, 1.54) is 0 Å². The SMILES string of the molecule is CCOC1CC(N)(C(=O)Nc2cc(Cl)ccc2C)C1(C)C. The van der Waals surface area contributed by atoms with E-state index in [-0.39, 0.29) is 12.0 Å². The molecule has 0 heterocycles. The Labute approximate surface area is 131 Å². The van der Waals surface area contributed by atoms with Gasteiger partial charge in [0.05, 0.1) is 6.10 Å². The molecule has 1 amide bonds. The Hall–Kier alpha value is -1.10. The normalized spacial score (nSPS) is 27.0. The number of hydrogen-bond acceptors (Lipinski definition) is 3. The van der Waals surface area contributed by atoms with Gasteiger partial charge in [0.1, 0.15) is 5.54 Å². The molecule has 1 aromatic carbocycles. The summed E-state index contributed by atoms with van der Waals surface area (Å²) in [5.41, 5.74) is 6.68. The Morgan fingerprint density at radius 1 is 1.52 bits per heavy atom. The second-order valence-corrected chi connectivity index (χ2v) is 6.69. The van der Waals surface area contributed by atoms with Crippen LogP contribution < -0.4 is 11.1 Å². The third-order valence-corrected chi connectivity index (χ3v) is 4.92. The molecular formula is C16H23ClN2O2. The van der Waals surface area contributed by atoms with E-state index in [0.29, 0.717) is 23.7 Å². The van der Waals surface area contributed by atoms with E-state index in [9.17, 15) is 4.79 Å². The first-order valence-corrected chi connectivity index (χ1v) is 7.58. The molecule has 4 nitrogen and oxygen atoms in total. The number of aryl methyl sites for hydroxylation is 1. The van der Waals surface area contributed by atoms with Gasteiger partial charge in [-0.3, -0.25) is 4.79 Å². The molecule has 1 fully saturated rings. The molecule has 21 heavy (non-hydrogen) atoms. The fourth-order valence-corrected chi connectivity index (χ4v) is 2.96. The number of anilines is 1. The number of benzene rings is 1. The minimum Gasteiger partial charge on any atom is -0.378 e. The predicted octanol–water partition coefficient (Wildman–Crippen LogP) is 3.12. The minimum absolute atomic E-state index is 0.0127. The van der Waals surface area contributed by atoms with Crippen LogP contribution in [0.25, 0.3) is 0 Å². The molecule has 2 rings (SSSR count). The Morgan fingerprint density at radius 3 is 2.76 bits per heavy atom. The van der Waals surface area contributed by atoms with E-state index >= 15 is 0 Å². The van der Waals surface area contributed by atoms with Crippen LogP contribution in [0.15, 0.2) is 18.2 Å². The number of halogens is 1. The first-order chi connectivity index (χ1) is 9.72. The highest BCUT2D eigenvalue weighted by molar-refractivity contribution is 6.31. The molecule has 0 bridgehead atoms. The maximum atomic E-state index is 12.6. The molecule has 1 saturated carbocycles. The van der Waals surface area contributed by atoms with Gasteiger partial charge in [0.15, 0.2) is 0 Å². The van der Waals surface area contributed by atoms with Crippen LogP contribution in [0.1, 0.15) is 32.8 Å². The van der Waals surface area contributed by atoms with Gasteiger partial charge < -0.3 is 15.8 Å². The highest BCUT2D eigenvalue weighted by Gasteiger charge is 2.62. The molecule has 1 aromatic rings. The van der Waals surface area contributed by atoms with Crippen molar-refractivity contribution in [2.45, 2.75) is 45.8 Å². The van der Waals surface area contributed by atoms with E-state index in [0.717, 1.165) is 5.56 Å². The Kier molecular flexibility index (Phi) is 4.34. The van der Waals surface area contributed by atoms with E-state index in [4.69, 9.17) is 22.1 Å². The summed E-state index contributed by atoms with van der Waals surface area (Å²) in [5, 5.41) is 3.49. The predicted molar refractivity (Wildman–Crippen MR) is 85.5 cm³/mol. The van der Waals surface area contributed by atoms with E-state index < -0.39 is 11.0 Å². The summed E-state index contributed by atoms with van der Waals surface area (Å²) in [6, 6.07) is 5.41. The van der Waals surface area contributed by atoms with Gasteiger partial charge in [0.25, 0.3) is 0 Å². The highest BCUT2D eigenvalue weighted by atomic mass is 35.5. The van der Waals surface area contributed by atoms with Gasteiger partial charge in [-0.15, -0.1) is 0 Å². The third kappa shape index (κ3) is 2.68. The van der Waals surface area contributed by atoms with Crippen molar-refractivity contribution in [2.24, 2.45) is 11.1 Å². The highest BCUT2D eigenvalue weighted by Crippen LogP contribution is 2.50. The molecular weight excluding hydrogens is 288 g/mol. The monoisotopic (exact) mass is 310 g/mol. The van der Waals surface area contributed by atoms with Crippen molar-refractivity contribution in [3.63, 3.8) is 0 Å². The molecule has 2 atom stereocenters. The largest absolute Gasteiger partial charge is 0.378 e. The van der Waals surface area contributed by atoms with Crippen molar-refractivity contribution in [1.82, 2.24) is 0 Å². The maximum Gasteiger partial charge on any atom is 0.245 e. The second-order valence-electron chi connectivity index (χ2n) is 6.25. The smallest absolute Gasteiger partial charge is 0.245 e. The lowest BCUT2D eigenvalue weighted by Gasteiger charge is -2.57. The zero-order valence-corrected chi connectivity index (χ0v) is 13.8. The number of carbonyl (C=O) groups excluding carboxylic acids is 1. The Bertz CT molecular complexity index is 559. The first kappa shape index (κ1) is 16.3. The zero-order valence-electron chi connectivity index (χ0n) is 13.0. The third-order valence-electron chi connectivity index (χ3n) is 4.68. The number of amides is 1. The van der Waals surface area contributed by atoms with Crippen LogP contribution in [0.5, 0.6) is 0 Å². The molecule has 1 aliphatic rings. The van der Waals surface area contributed by atoms with Crippen molar-refractivity contribution >= 4 is 23.2 Å². The van der Waals surface area contributed by atoms with Crippen molar-refractivity contribution < 1.29 is 9.53 Å². The molecule has 2 unspecified atom stereocenters. The van der Waals surface area contributed by atoms with Gasteiger partial charge in [0.2, 0.25) is 5.91 Å². The summed E-state index contributed by atoms with van der Waals surface area (Å²) in [5.74, 6) is -0.186. The number of nitrogens with two attached hydrogens (primary N) is 1. The lowest BCUT2D eigenvalue weighted by Crippen LogP contribution is -2.74. The van der Waals surface area contributed by atoms with Crippen molar-refractivity contribution in [3.05, 3.63) is 28.8 Å². The number of nitrogens with one attached hydrogen (secondary N) is 1. The van der Waals surface area contributed by atoms with Crippen LogP contribution in [0.4, 0.5) is 5.69 Å². The standard InChI is InChI=1S/C16H23ClN2O2/c1-5-21-13-9-16(18,15(13,3)4)14(20)19-12-8-11(17)7-6-10(12)2/h6-8,13H,5,9,18H2,1-4H3,(H,19,20). The summed E-state index contributed by atoms with van der Waals surface area (Å²) >= 11 is 5.98. The quantitative estimate of drug-likeness (QED) is 0.898. The summed E-state index contributed by atoms with van der Waals surface area (Å²) in [7, 11) is 0. The van der Waals surface area contributed by atoms with Gasteiger partial charge >= 0.3 is 0 Å². The summed E-state index contributed by atoms with van der Waals surface area (Å²) in [4.78, 5) is 12.6. The Morgan fingerprint density at radius 2 is 2.19 bits per heavy atom. The number of rotatable bonds is 4. The second kappa shape index (κ2) is 5.59. The fourth-order valence-electron chi connectivity index (χ4n) is 2.78. The van der Waals surface area contributed by atoms with Crippen LogP contribution in [0.3, 0.4) is 0 Å². The number of ether oxygens (including phenoxy) is 1. The molecule has 1 aliphatic carbocycles. The van der Waals surface area contributed by atoms with Crippen LogP contribution >= 0.6 is 11.6 Å². The van der Waals surface area contributed by atoms with E-state index in [1.807, 2.05) is 33.8 Å². The molecule has 0 aliphatic heterocycles. The average molecular weight is 311 g/mol. The molecule has 0 spiro atoms. The van der Waals surface area contributed by atoms with Gasteiger partial charge in [-0.25, -0.2) is 0 Å². The average Bonchev–Trinajstić information content (AvgIpc) is 2.42. The summed E-state index contributed by atoms with van der Waals surface area (Å²) < 4.78 is 5.65. The minimum atomic E-state index is -0.929. The van der Waals surface area contributed by atoms with Crippen molar-refractivity contribution in [3.8, 4) is 0 Å². The van der Waals surface area contributed by atoms with Crippen molar-refractivity contribution in [1.29, 1.82) is 0 Å². The lowest BCUT2D eigenvalue weighted by atomic mass is 9.54. The van der Waals surface area contributed by atoms with Crippen LogP contribution in [0.2, 0.25) is 5.02 Å². The molecule has 0 radical (unpaired) electrons. The number of hydrogen-bond donors (Lipinski definition) is 2. The molecule has 0 aromatic heterocycles. The molecule has 116 valence electrons. The van der Waals surface area contributed by atoms with Crippen LogP contribution in [-0.2, 0) is 9.53 Å².